The first-order chi connectivity index (χ1) is 27.5. The van der Waals surface area contributed by atoms with Crippen LogP contribution in [0.2, 0.25) is 0 Å². The Morgan fingerprint density at radius 3 is 0.807 bits per heavy atom. The second-order valence-corrected chi connectivity index (χ2v) is 15.9. The molecule has 0 amide bonds. The minimum absolute atomic E-state index is 0. The van der Waals surface area contributed by atoms with Gasteiger partial charge in [-0.05, 0) is 37.1 Å². The Bertz CT molecular complexity index is 1100. The van der Waals surface area contributed by atoms with E-state index in [0.717, 1.165) is 25.7 Å². The van der Waals surface area contributed by atoms with E-state index < -0.39 is 11.9 Å². The second-order valence-electron chi connectivity index (χ2n) is 15.9. The van der Waals surface area contributed by atoms with Gasteiger partial charge in [0.2, 0.25) is 0 Å². The Hall–Kier alpha value is -1.76. The zero-order chi connectivity index (χ0) is 40.6. The molecule has 0 fully saturated rings. The summed E-state index contributed by atoms with van der Waals surface area (Å²) in [6.07, 6.45) is 42.9. The molecule has 0 heterocycles. The zero-order valence-electron chi connectivity index (χ0n) is 36.8. The third kappa shape index (κ3) is 33.7. The number of para-hydroxylation sites is 2. The quantitative estimate of drug-likeness (QED) is 0.0494. The van der Waals surface area contributed by atoms with Crippen LogP contribution >= 0.6 is 0 Å². The van der Waals surface area contributed by atoms with E-state index in [4.69, 9.17) is 9.47 Å². The molecule has 0 radical (unpaired) electrons. The van der Waals surface area contributed by atoms with Gasteiger partial charge < -0.3 is 29.3 Å². The molecule has 7 heteroatoms. The number of carbonyl (C=O) groups excluding carboxylic acids is 2. The van der Waals surface area contributed by atoms with Crippen LogP contribution in [0.4, 0.5) is 0 Å². The molecule has 0 spiro atoms. The van der Waals surface area contributed by atoms with Crippen molar-refractivity contribution in [3.8, 4) is 11.5 Å². The molecule has 320 valence electrons. The van der Waals surface area contributed by atoms with E-state index in [-0.39, 0.29) is 48.9 Å². The molecule has 0 saturated carbocycles. The maximum absolute atomic E-state index is 11.0. The normalized spacial score (nSPS) is 10.7. The number of carboxylic acid groups (broad SMARTS) is 2. The summed E-state index contributed by atoms with van der Waals surface area (Å²) in [5.74, 6) is -1.52. The Labute approximate surface area is 380 Å². The predicted octanol–water partition coefficient (Wildman–Crippen LogP) is 13.0. The Morgan fingerprint density at radius 1 is 0.368 bits per heavy atom. The van der Waals surface area contributed by atoms with Crippen molar-refractivity contribution in [3.05, 3.63) is 59.7 Å². The number of hydrogen-bond acceptors (Lipinski definition) is 6. The number of carbonyl (C=O) groups is 2. The predicted molar refractivity (Wildman–Crippen MR) is 237 cm³/mol. The van der Waals surface area contributed by atoms with Crippen molar-refractivity contribution in [1.29, 1.82) is 0 Å². The van der Waals surface area contributed by atoms with E-state index in [9.17, 15) is 19.8 Å². The number of ether oxygens (including phenoxy) is 2. The fraction of sp³-hybridized carbons (Fsp3) is 0.720. The van der Waals surface area contributed by atoms with Crippen LogP contribution in [0.25, 0.3) is 0 Å². The van der Waals surface area contributed by atoms with E-state index in [1.807, 2.05) is 0 Å². The fourth-order valence-corrected chi connectivity index (χ4v) is 7.19. The fourth-order valence-electron chi connectivity index (χ4n) is 7.19. The standard InChI is InChI=1S/2C25H42O3.Ca/c2*1-2-3-4-5-6-7-8-9-10-11-12-13-14-15-16-19-22-28-24-21-18-17-20-23(24)25(26)27;/h2*17-18,20-21H,2-16,19,22H2,1H3,(H,26,27);/q;;+2/p-2. The summed E-state index contributed by atoms with van der Waals surface area (Å²) in [5, 5.41) is 22.0. The van der Waals surface area contributed by atoms with Crippen molar-refractivity contribution in [2.45, 2.75) is 219 Å². The largest absolute Gasteiger partial charge is 2.00 e. The minimum atomic E-state index is -1.18. The molecule has 0 aliphatic carbocycles. The van der Waals surface area contributed by atoms with Crippen molar-refractivity contribution in [2.24, 2.45) is 0 Å². The topological polar surface area (TPSA) is 98.7 Å². The van der Waals surface area contributed by atoms with Crippen molar-refractivity contribution in [1.82, 2.24) is 0 Å². The van der Waals surface area contributed by atoms with Gasteiger partial charge in [-0.15, -0.1) is 0 Å². The summed E-state index contributed by atoms with van der Waals surface area (Å²) in [4.78, 5) is 22.0. The Morgan fingerprint density at radius 2 is 0.579 bits per heavy atom. The van der Waals surface area contributed by atoms with E-state index in [1.165, 1.54) is 192 Å². The first kappa shape index (κ1) is 55.2. The van der Waals surface area contributed by atoms with Crippen LogP contribution in [0.5, 0.6) is 11.5 Å². The van der Waals surface area contributed by atoms with Gasteiger partial charge in [0.15, 0.2) is 0 Å². The summed E-state index contributed by atoms with van der Waals surface area (Å²) in [6, 6.07) is 13.4. The molecule has 0 aliphatic heterocycles. The van der Waals surface area contributed by atoms with Gasteiger partial charge in [-0.25, -0.2) is 0 Å². The number of unbranched alkanes of at least 4 members (excludes halogenated alkanes) is 30. The van der Waals surface area contributed by atoms with Crippen LogP contribution in [-0.4, -0.2) is 62.9 Å². The van der Waals surface area contributed by atoms with Crippen molar-refractivity contribution < 1.29 is 29.3 Å². The summed E-state index contributed by atoms with van der Waals surface area (Å²) < 4.78 is 11.2. The van der Waals surface area contributed by atoms with E-state index in [1.54, 1.807) is 36.4 Å². The Kier molecular flexibility index (Phi) is 41.1. The molecule has 0 unspecified atom stereocenters. The first-order valence-electron chi connectivity index (χ1n) is 23.4. The Balaban J connectivity index is 0.00000108. The molecule has 2 aromatic carbocycles. The van der Waals surface area contributed by atoms with E-state index >= 15 is 0 Å². The number of benzene rings is 2. The van der Waals surface area contributed by atoms with Crippen LogP contribution in [0, 0.1) is 0 Å². The van der Waals surface area contributed by atoms with Gasteiger partial charge in [0, 0.05) is 11.1 Å². The average Bonchev–Trinajstić information content (AvgIpc) is 3.20. The molecule has 57 heavy (non-hydrogen) atoms. The molecular weight excluding hydrogens is 737 g/mol. The van der Waals surface area contributed by atoms with Crippen molar-refractivity contribution in [2.75, 3.05) is 13.2 Å². The summed E-state index contributed by atoms with van der Waals surface area (Å²) in [6.45, 7) is 5.69. The first-order valence-corrected chi connectivity index (χ1v) is 23.4. The molecule has 2 rings (SSSR count). The van der Waals surface area contributed by atoms with Gasteiger partial charge in [0.05, 0.1) is 25.2 Å². The molecular formula is C50H82CaO6. The monoisotopic (exact) mass is 819 g/mol. The summed E-state index contributed by atoms with van der Waals surface area (Å²) in [7, 11) is 0. The average molecular weight is 819 g/mol. The molecule has 6 nitrogen and oxygen atoms in total. The van der Waals surface area contributed by atoms with Gasteiger partial charge in [0.25, 0.3) is 0 Å². The third-order valence-corrected chi connectivity index (χ3v) is 10.7. The molecule has 0 bridgehead atoms. The maximum Gasteiger partial charge on any atom is 2.00 e. The van der Waals surface area contributed by atoms with Gasteiger partial charge in [0.1, 0.15) is 11.5 Å². The molecule has 0 N–H and O–H groups in total. The SMILES string of the molecule is CCCCCCCCCCCCCCCCCCOc1ccccc1C(=O)[O-].CCCCCCCCCCCCCCCCCCOc1ccccc1C(=O)[O-].[Ca+2]. The van der Waals surface area contributed by atoms with Crippen LogP contribution in [0.1, 0.15) is 240 Å². The molecule has 0 atom stereocenters. The van der Waals surface area contributed by atoms with Crippen molar-refractivity contribution >= 4 is 49.7 Å². The number of rotatable bonds is 38. The summed E-state index contributed by atoms with van der Waals surface area (Å²) in [5.41, 5.74) is 0.276. The summed E-state index contributed by atoms with van der Waals surface area (Å²) >= 11 is 0. The third-order valence-electron chi connectivity index (χ3n) is 10.7. The van der Waals surface area contributed by atoms with Crippen LogP contribution < -0.4 is 19.7 Å². The van der Waals surface area contributed by atoms with Crippen LogP contribution in [0.3, 0.4) is 0 Å². The smallest absolute Gasteiger partial charge is 0.545 e. The van der Waals surface area contributed by atoms with E-state index in [2.05, 4.69) is 13.8 Å². The maximum atomic E-state index is 11.0. The van der Waals surface area contributed by atoms with Crippen LogP contribution in [-0.2, 0) is 0 Å². The molecule has 2 aromatic rings. The van der Waals surface area contributed by atoms with Crippen molar-refractivity contribution in [3.63, 3.8) is 0 Å². The molecule has 0 aromatic heterocycles. The zero-order valence-corrected chi connectivity index (χ0v) is 39.0. The molecule has 0 saturated heterocycles. The van der Waals surface area contributed by atoms with Gasteiger partial charge in [-0.3, -0.25) is 0 Å². The van der Waals surface area contributed by atoms with Crippen LogP contribution in [0.15, 0.2) is 48.5 Å². The van der Waals surface area contributed by atoms with Gasteiger partial charge in [-0.1, -0.05) is 231 Å². The van der Waals surface area contributed by atoms with Gasteiger partial charge >= 0.3 is 37.7 Å². The molecule has 0 aliphatic rings. The number of carboxylic acids is 2. The number of hydrogen-bond donors (Lipinski definition) is 0. The minimum Gasteiger partial charge on any atom is -0.545 e. The number of aromatic carboxylic acids is 2. The second kappa shape index (κ2) is 42.4. The van der Waals surface area contributed by atoms with Gasteiger partial charge in [-0.2, -0.15) is 0 Å². The van der Waals surface area contributed by atoms with E-state index in [0.29, 0.717) is 24.7 Å².